The summed E-state index contributed by atoms with van der Waals surface area (Å²) in [5.74, 6) is 0.0876. The van der Waals surface area contributed by atoms with Gasteiger partial charge in [-0.15, -0.1) is 0 Å². The van der Waals surface area contributed by atoms with E-state index in [0.29, 0.717) is 25.1 Å². The van der Waals surface area contributed by atoms with Crippen LogP contribution in [0.3, 0.4) is 0 Å². The third-order valence-corrected chi connectivity index (χ3v) is 4.27. The van der Waals surface area contributed by atoms with Crippen molar-refractivity contribution < 1.29 is 19.1 Å². The molecule has 2 heterocycles. The fourth-order valence-corrected chi connectivity index (χ4v) is 3.11. The topological polar surface area (TPSA) is 70.8 Å². The fraction of sp³-hybridized carbons (Fsp3) is 0.625. The summed E-state index contributed by atoms with van der Waals surface area (Å²) in [6.45, 7) is 4.81. The summed E-state index contributed by atoms with van der Waals surface area (Å²) >= 11 is 0. The lowest BCUT2D eigenvalue weighted by atomic mass is 9.76. The van der Waals surface area contributed by atoms with Crippen LogP contribution in [-0.4, -0.2) is 35.0 Å². The molecule has 1 fully saturated rings. The Labute approximate surface area is 124 Å². The molecule has 0 spiro atoms. The van der Waals surface area contributed by atoms with Gasteiger partial charge >= 0.3 is 5.97 Å². The first kappa shape index (κ1) is 15.6. The number of carboxylic acid groups (broad SMARTS) is 1. The number of carbonyl (C=O) groups is 2. The predicted molar refractivity (Wildman–Crippen MR) is 78.2 cm³/mol. The summed E-state index contributed by atoms with van der Waals surface area (Å²) in [4.78, 5) is 25.8. The minimum Gasteiger partial charge on any atom is -0.481 e. The highest BCUT2D eigenvalue weighted by Crippen LogP contribution is 2.35. The highest BCUT2D eigenvalue weighted by Gasteiger charge is 2.43. The zero-order valence-electron chi connectivity index (χ0n) is 12.7. The standard InChI is InChI=1S/C16H23NO4/c1-3-8-16(15(19)20)9-5-10-17(11-16)14(18)13-7-6-12(4-2)21-13/h6-7H,3-5,8-11H2,1-2H3,(H,19,20). The van der Waals surface area contributed by atoms with Gasteiger partial charge in [-0.2, -0.15) is 0 Å². The van der Waals surface area contributed by atoms with Gasteiger partial charge in [-0.05, 0) is 31.4 Å². The number of piperidine rings is 1. The molecule has 5 nitrogen and oxygen atoms in total. The zero-order chi connectivity index (χ0) is 15.5. The second-order valence-electron chi connectivity index (χ2n) is 5.79. The Kier molecular flexibility index (Phi) is 4.70. The van der Waals surface area contributed by atoms with Crippen LogP contribution >= 0.6 is 0 Å². The number of hydrogen-bond donors (Lipinski definition) is 1. The summed E-state index contributed by atoms with van der Waals surface area (Å²) in [5, 5.41) is 9.57. The van der Waals surface area contributed by atoms with E-state index >= 15 is 0 Å². The minimum absolute atomic E-state index is 0.198. The maximum atomic E-state index is 12.5. The predicted octanol–water partition coefficient (Wildman–Crippen LogP) is 2.95. The molecule has 0 aromatic carbocycles. The Balaban J connectivity index is 2.16. The molecule has 0 radical (unpaired) electrons. The van der Waals surface area contributed by atoms with Crippen LogP contribution in [0.15, 0.2) is 16.5 Å². The number of aliphatic carboxylic acids is 1. The molecule has 1 N–H and O–H groups in total. The second-order valence-corrected chi connectivity index (χ2v) is 5.79. The van der Waals surface area contributed by atoms with Crippen molar-refractivity contribution in [3.8, 4) is 0 Å². The van der Waals surface area contributed by atoms with Gasteiger partial charge in [-0.1, -0.05) is 20.3 Å². The van der Waals surface area contributed by atoms with Crippen molar-refractivity contribution in [3.05, 3.63) is 23.7 Å². The van der Waals surface area contributed by atoms with Gasteiger partial charge in [0, 0.05) is 19.5 Å². The van der Waals surface area contributed by atoms with Crippen molar-refractivity contribution in [2.45, 2.75) is 46.0 Å². The molecule has 5 heteroatoms. The Hall–Kier alpha value is -1.78. The third-order valence-electron chi connectivity index (χ3n) is 4.27. The quantitative estimate of drug-likeness (QED) is 0.906. The lowest BCUT2D eigenvalue weighted by Crippen LogP contribution is -2.49. The largest absolute Gasteiger partial charge is 0.481 e. The fourth-order valence-electron chi connectivity index (χ4n) is 3.11. The maximum Gasteiger partial charge on any atom is 0.311 e. The van der Waals surface area contributed by atoms with E-state index in [1.54, 1.807) is 17.0 Å². The zero-order valence-corrected chi connectivity index (χ0v) is 12.7. The Morgan fingerprint density at radius 1 is 1.38 bits per heavy atom. The summed E-state index contributed by atoms with van der Waals surface area (Å²) in [5.41, 5.74) is -0.803. The van der Waals surface area contributed by atoms with E-state index in [9.17, 15) is 14.7 Å². The highest BCUT2D eigenvalue weighted by atomic mass is 16.4. The molecular formula is C16H23NO4. The van der Waals surface area contributed by atoms with E-state index < -0.39 is 11.4 Å². The number of hydrogen-bond acceptors (Lipinski definition) is 3. The number of furan rings is 1. The van der Waals surface area contributed by atoms with Gasteiger partial charge in [0.2, 0.25) is 0 Å². The van der Waals surface area contributed by atoms with Crippen LogP contribution < -0.4 is 0 Å². The van der Waals surface area contributed by atoms with E-state index in [4.69, 9.17) is 4.42 Å². The molecule has 1 amide bonds. The van der Waals surface area contributed by atoms with Crippen molar-refractivity contribution in [2.75, 3.05) is 13.1 Å². The van der Waals surface area contributed by atoms with Gasteiger partial charge in [0.15, 0.2) is 5.76 Å². The Bertz CT molecular complexity index is 518. The number of aryl methyl sites for hydroxylation is 1. The number of rotatable bonds is 5. The summed E-state index contributed by atoms with van der Waals surface area (Å²) in [6.07, 6.45) is 3.50. The number of carboxylic acids is 1. The van der Waals surface area contributed by atoms with Crippen LogP contribution in [0.1, 0.15) is 55.8 Å². The Morgan fingerprint density at radius 3 is 2.71 bits per heavy atom. The first-order chi connectivity index (χ1) is 10.0. The lowest BCUT2D eigenvalue weighted by Gasteiger charge is -2.39. The first-order valence-corrected chi connectivity index (χ1v) is 7.64. The molecule has 1 atom stereocenters. The molecule has 21 heavy (non-hydrogen) atoms. The van der Waals surface area contributed by atoms with E-state index in [-0.39, 0.29) is 12.5 Å². The molecule has 116 valence electrons. The molecule has 2 rings (SSSR count). The van der Waals surface area contributed by atoms with Crippen molar-refractivity contribution in [1.82, 2.24) is 4.90 Å². The SMILES string of the molecule is CCCC1(C(=O)O)CCCN(C(=O)c2ccc(CC)o2)C1. The number of carbonyl (C=O) groups excluding carboxylic acids is 1. The van der Waals surface area contributed by atoms with Crippen molar-refractivity contribution in [3.63, 3.8) is 0 Å². The van der Waals surface area contributed by atoms with Crippen LogP contribution in [0, 0.1) is 5.41 Å². The number of likely N-dealkylation sites (tertiary alicyclic amines) is 1. The molecular weight excluding hydrogens is 270 g/mol. The van der Waals surface area contributed by atoms with E-state index in [1.165, 1.54) is 0 Å². The summed E-state index contributed by atoms with van der Waals surface area (Å²) in [6, 6.07) is 3.48. The molecule has 1 aliphatic rings. The maximum absolute atomic E-state index is 12.5. The smallest absolute Gasteiger partial charge is 0.311 e. The van der Waals surface area contributed by atoms with Gasteiger partial charge in [0.1, 0.15) is 5.76 Å². The van der Waals surface area contributed by atoms with Crippen molar-refractivity contribution >= 4 is 11.9 Å². The van der Waals surface area contributed by atoms with Gasteiger partial charge < -0.3 is 14.4 Å². The molecule has 1 aliphatic heterocycles. The van der Waals surface area contributed by atoms with Crippen LogP contribution in [0.2, 0.25) is 0 Å². The van der Waals surface area contributed by atoms with Crippen LogP contribution in [-0.2, 0) is 11.2 Å². The van der Waals surface area contributed by atoms with Crippen molar-refractivity contribution in [1.29, 1.82) is 0 Å². The lowest BCUT2D eigenvalue weighted by molar-refractivity contribution is -0.152. The number of nitrogens with zero attached hydrogens (tertiary/aromatic N) is 1. The highest BCUT2D eigenvalue weighted by molar-refractivity contribution is 5.92. The van der Waals surface area contributed by atoms with Gasteiger partial charge in [0.25, 0.3) is 5.91 Å². The number of amides is 1. The molecule has 0 saturated carbocycles. The second kappa shape index (κ2) is 6.33. The average molecular weight is 293 g/mol. The molecule has 1 aromatic rings. The molecule has 0 bridgehead atoms. The first-order valence-electron chi connectivity index (χ1n) is 7.64. The molecule has 0 aliphatic carbocycles. The minimum atomic E-state index is -0.803. The van der Waals surface area contributed by atoms with E-state index in [1.807, 2.05) is 13.8 Å². The van der Waals surface area contributed by atoms with Crippen LogP contribution in [0.4, 0.5) is 0 Å². The molecule has 1 aromatic heterocycles. The third kappa shape index (κ3) is 3.12. The van der Waals surface area contributed by atoms with Crippen molar-refractivity contribution in [2.24, 2.45) is 5.41 Å². The molecule has 1 unspecified atom stereocenters. The van der Waals surface area contributed by atoms with Gasteiger partial charge in [-0.25, -0.2) is 0 Å². The average Bonchev–Trinajstić information content (AvgIpc) is 2.96. The van der Waals surface area contributed by atoms with Crippen LogP contribution in [0.25, 0.3) is 0 Å². The summed E-state index contributed by atoms with van der Waals surface area (Å²) in [7, 11) is 0. The normalized spacial score (nSPS) is 22.3. The molecule has 1 saturated heterocycles. The van der Waals surface area contributed by atoms with Crippen LogP contribution in [0.5, 0.6) is 0 Å². The summed E-state index contributed by atoms with van der Waals surface area (Å²) < 4.78 is 5.50. The van der Waals surface area contributed by atoms with Gasteiger partial charge in [0.05, 0.1) is 5.41 Å². The Morgan fingerprint density at radius 2 is 2.14 bits per heavy atom. The van der Waals surface area contributed by atoms with E-state index in [2.05, 4.69) is 0 Å². The monoisotopic (exact) mass is 293 g/mol. The van der Waals surface area contributed by atoms with E-state index in [0.717, 1.165) is 25.0 Å². The van der Waals surface area contributed by atoms with Gasteiger partial charge in [-0.3, -0.25) is 9.59 Å².